The molecule has 3 aromatic rings. The van der Waals surface area contributed by atoms with Gasteiger partial charge in [0.25, 0.3) is 5.56 Å². The monoisotopic (exact) mass is 500 g/mol. The number of aliphatic hydroxyl groups is 2. The Kier molecular flexibility index (Phi) is 7.56. The maximum atomic E-state index is 13.7. The molecule has 0 aliphatic carbocycles. The van der Waals surface area contributed by atoms with E-state index < -0.39 is 23.7 Å². The first-order chi connectivity index (χ1) is 17.3. The summed E-state index contributed by atoms with van der Waals surface area (Å²) in [4.78, 5) is 31.1. The maximum Gasteiger partial charge on any atom is 0.347 e. The first-order valence-electron chi connectivity index (χ1n) is 11.9. The lowest BCUT2D eigenvalue weighted by Gasteiger charge is -2.24. The van der Waals surface area contributed by atoms with Gasteiger partial charge in [-0.3, -0.25) is 14.3 Å². The molecule has 0 fully saturated rings. The van der Waals surface area contributed by atoms with Crippen LogP contribution >= 0.6 is 0 Å². The Morgan fingerprint density at radius 3 is 2.69 bits per heavy atom. The van der Waals surface area contributed by atoms with Crippen molar-refractivity contribution >= 4 is 17.0 Å². The van der Waals surface area contributed by atoms with E-state index in [-0.39, 0.29) is 60.3 Å². The van der Waals surface area contributed by atoms with Gasteiger partial charge in [-0.15, -0.1) is 0 Å². The molecular weight excluding hydrogens is 471 g/mol. The molecule has 2 aromatic heterocycles. The highest BCUT2D eigenvalue weighted by molar-refractivity contribution is 6.00. The van der Waals surface area contributed by atoms with Crippen LogP contribution in [-0.2, 0) is 17.7 Å². The molecule has 9 nitrogen and oxygen atoms in total. The molecule has 1 aliphatic rings. The maximum absolute atomic E-state index is 13.7. The molecule has 2 N–H and O–H groups in total. The lowest BCUT2D eigenvalue weighted by atomic mass is 10.0. The number of carbonyl (C=O) groups excluding carboxylic acids is 1. The van der Waals surface area contributed by atoms with E-state index in [0.717, 1.165) is 12.0 Å². The number of benzene rings is 1. The van der Waals surface area contributed by atoms with Crippen molar-refractivity contribution in [1.29, 1.82) is 0 Å². The zero-order chi connectivity index (χ0) is 25.9. The number of hydrogen-bond donors (Lipinski definition) is 2. The molecule has 0 amide bonds. The minimum absolute atomic E-state index is 0.00855. The first-order valence-corrected chi connectivity index (χ1v) is 11.9. The zero-order valence-electron chi connectivity index (χ0n) is 20.3. The van der Waals surface area contributed by atoms with Gasteiger partial charge in [0.05, 0.1) is 26.4 Å². The van der Waals surface area contributed by atoms with Crippen LogP contribution in [-0.4, -0.2) is 57.8 Å². The summed E-state index contributed by atoms with van der Waals surface area (Å²) in [6.45, 7) is 2.58. The van der Waals surface area contributed by atoms with Crippen molar-refractivity contribution in [2.24, 2.45) is 0 Å². The quantitative estimate of drug-likeness (QED) is 0.340. The van der Waals surface area contributed by atoms with Gasteiger partial charge < -0.3 is 24.4 Å². The third kappa shape index (κ3) is 4.91. The van der Waals surface area contributed by atoms with Gasteiger partial charge in [-0.2, -0.15) is 0 Å². The fourth-order valence-electron chi connectivity index (χ4n) is 4.13. The van der Waals surface area contributed by atoms with Gasteiger partial charge in [0, 0.05) is 18.2 Å². The first kappa shape index (κ1) is 25.6. The summed E-state index contributed by atoms with van der Waals surface area (Å²) < 4.78 is 31.6. The van der Waals surface area contributed by atoms with Gasteiger partial charge in [-0.05, 0) is 31.0 Å². The van der Waals surface area contributed by atoms with Crippen molar-refractivity contribution in [1.82, 2.24) is 9.55 Å². The lowest BCUT2D eigenvalue weighted by molar-refractivity contribution is -0.0553. The Labute approximate surface area is 207 Å². The van der Waals surface area contributed by atoms with E-state index >= 15 is 0 Å². The number of halogens is 1. The number of pyridine rings is 2. The van der Waals surface area contributed by atoms with Crippen molar-refractivity contribution in [3.63, 3.8) is 0 Å². The fourth-order valence-corrected chi connectivity index (χ4v) is 4.13. The largest absolute Gasteiger partial charge is 0.490 e. The Bertz CT molecular complexity index is 1320. The van der Waals surface area contributed by atoms with E-state index in [2.05, 4.69) is 4.98 Å². The normalized spacial score (nSPS) is 16.9. The molecule has 4 rings (SSSR count). The van der Waals surface area contributed by atoms with Gasteiger partial charge in [-0.25, -0.2) is 9.18 Å². The van der Waals surface area contributed by atoms with Crippen LogP contribution < -0.4 is 15.0 Å². The van der Waals surface area contributed by atoms with E-state index in [1.165, 1.54) is 16.7 Å². The molecule has 192 valence electrons. The van der Waals surface area contributed by atoms with Crippen LogP contribution in [0, 0.1) is 5.82 Å². The van der Waals surface area contributed by atoms with Gasteiger partial charge in [0.1, 0.15) is 29.1 Å². The van der Waals surface area contributed by atoms with E-state index in [1.54, 1.807) is 25.3 Å². The third-order valence-corrected chi connectivity index (χ3v) is 6.02. The van der Waals surface area contributed by atoms with Gasteiger partial charge >= 0.3 is 5.97 Å². The zero-order valence-corrected chi connectivity index (χ0v) is 20.3. The molecule has 0 bridgehead atoms. The third-order valence-electron chi connectivity index (χ3n) is 6.02. The second-order valence-electron chi connectivity index (χ2n) is 8.80. The number of hydrogen-bond acceptors (Lipinski definition) is 8. The van der Waals surface area contributed by atoms with Crippen LogP contribution in [0.3, 0.4) is 0 Å². The van der Waals surface area contributed by atoms with Gasteiger partial charge in [0.2, 0.25) is 0 Å². The van der Waals surface area contributed by atoms with Crippen LogP contribution in [0.1, 0.15) is 48.2 Å². The van der Waals surface area contributed by atoms with Gasteiger partial charge in [0.15, 0.2) is 17.1 Å². The van der Waals surface area contributed by atoms with E-state index in [9.17, 15) is 24.2 Å². The highest BCUT2D eigenvalue weighted by Crippen LogP contribution is 2.38. The number of aromatic nitrogens is 2. The molecular formula is C26H29FN2O7. The standard InChI is InChI=1S/C26H29FN2O7/c1-3-5-10-35-23-19(25(32)34-4-2)24(31)29-13-26(33,14-30)15-36-22-17(12-28-20(23)21(22)29)11-16-6-8-18(27)9-7-16/h6-9,12,30,33H,3-5,10-11,13-15H2,1-2H3. The summed E-state index contributed by atoms with van der Waals surface area (Å²) in [6.07, 6.45) is 3.36. The van der Waals surface area contributed by atoms with Crippen LogP contribution in [0.25, 0.3) is 11.0 Å². The number of unbranched alkanes of at least 4 members (excludes halogenated alkanes) is 1. The number of nitrogens with zero attached hydrogens (tertiary/aromatic N) is 2. The predicted octanol–water partition coefficient (Wildman–Crippen LogP) is 2.60. The average Bonchev–Trinajstić information content (AvgIpc) is 3.03. The SMILES string of the molecule is CCCCOc1c(C(=O)OCC)c(=O)n2c3c(c(Cc4ccc(F)cc4)cnc13)OCC(O)(CO)C2. The smallest absolute Gasteiger partial charge is 0.347 e. The lowest BCUT2D eigenvalue weighted by Crippen LogP contribution is -2.45. The summed E-state index contributed by atoms with van der Waals surface area (Å²) in [7, 11) is 0. The second-order valence-corrected chi connectivity index (χ2v) is 8.80. The van der Waals surface area contributed by atoms with Crippen molar-refractivity contribution in [3.8, 4) is 11.5 Å². The van der Waals surface area contributed by atoms with Crippen LogP contribution in [0.5, 0.6) is 11.5 Å². The molecule has 36 heavy (non-hydrogen) atoms. The molecule has 0 saturated heterocycles. The van der Waals surface area contributed by atoms with E-state index in [4.69, 9.17) is 14.2 Å². The van der Waals surface area contributed by atoms with Crippen molar-refractivity contribution < 1.29 is 33.6 Å². The molecule has 1 aliphatic heterocycles. The second kappa shape index (κ2) is 10.6. The Morgan fingerprint density at radius 2 is 2.03 bits per heavy atom. The minimum atomic E-state index is -1.79. The molecule has 1 unspecified atom stereocenters. The molecule has 0 spiro atoms. The highest BCUT2D eigenvalue weighted by atomic mass is 19.1. The fraction of sp³-hybridized carbons (Fsp3) is 0.423. The van der Waals surface area contributed by atoms with E-state index in [1.807, 2.05) is 6.92 Å². The topological polar surface area (TPSA) is 120 Å². The Hall–Kier alpha value is -3.50. The summed E-state index contributed by atoms with van der Waals surface area (Å²) in [5.74, 6) is -0.976. The number of carbonyl (C=O) groups is 1. The molecule has 3 heterocycles. The molecule has 0 radical (unpaired) electrons. The average molecular weight is 501 g/mol. The van der Waals surface area contributed by atoms with Crippen LogP contribution in [0.2, 0.25) is 0 Å². The Balaban J connectivity index is 1.99. The van der Waals surface area contributed by atoms with Crippen LogP contribution in [0.4, 0.5) is 4.39 Å². The van der Waals surface area contributed by atoms with Crippen molar-refractivity contribution in [2.75, 3.05) is 26.4 Å². The number of ether oxygens (including phenoxy) is 3. The summed E-state index contributed by atoms with van der Waals surface area (Å²) in [5, 5.41) is 20.8. The van der Waals surface area contributed by atoms with Gasteiger partial charge in [-0.1, -0.05) is 25.5 Å². The van der Waals surface area contributed by atoms with E-state index in [0.29, 0.717) is 18.4 Å². The molecule has 10 heteroatoms. The van der Waals surface area contributed by atoms with Crippen molar-refractivity contribution in [3.05, 3.63) is 63.3 Å². The minimum Gasteiger partial charge on any atom is -0.490 e. The number of esters is 1. The molecule has 0 saturated carbocycles. The van der Waals surface area contributed by atoms with Crippen LogP contribution in [0.15, 0.2) is 35.3 Å². The highest BCUT2D eigenvalue weighted by Gasteiger charge is 2.37. The predicted molar refractivity (Wildman–Crippen MR) is 129 cm³/mol. The molecule has 1 aromatic carbocycles. The number of rotatable bonds is 9. The molecule has 1 atom stereocenters. The Morgan fingerprint density at radius 1 is 1.28 bits per heavy atom. The van der Waals surface area contributed by atoms with Crippen molar-refractivity contribution in [2.45, 2.75) is 45.3 Å². The summed E-state index contributed by atoms with van der Waals surface area (Å²) in [5.41, 5.74) is -1.07. The summed E-state index contributed by atoms with van der Waals surface area (Å²) >= 11 is 0. The summed E-state index contributed by atoms with van der Waals surface area (Å²) in [6, 6.07) is 5.94. The number of aliphatic hydroxyl groups excluding tert-OH is 1.